The maximum absolute atomic E-state index is 2.36. The van der Waals surface area contributed by atoms with Crippen molar-refractivity contribution in [2.75, 3.05) is 0 Å². The van der Waals surface area contributed by atoms with Gasteiger partial charge in [0.1, 0.15) is 0 Å². The zero-order chi connectivity index (χ0) is 19.4. The first-order valence-corrected chi connectivity index (χ1v) is 11.5. The van der Waals surface area contributed by atoms with Gasteiger partial charge in [-0.3, -0.25) is 0 Å². The van der Waals surface area contributed by atoms with E-state index in [2.05, 4.69) is 73.7 Å². The fourth-order valence-electron chi connectivity index (χ4n) is 4.27. The van der Waals surface area contributed by atoms with E-state index in [1.54, 1.807) is 0 Å². The fourth-order valence-corrected chi connectivity index (χ4v) is 4.27. The van der Waals surface area contributed by atoms with Crippen molar-refractivity contribution in [3.8, 4) is 11.1 Å². The number of hydrogen-bond donors (Lipinski definition) is 0. The van der Waals surface area contributed by atoms with Crippen molar-refractivity contribution >= 4 is 10.8 Å². The molecule has 0 saturated carbocycles. The highest BCUT2D eigenvalue weighted by atomic mass is 14.1. The van der Waals surface area contributed by atoms with Crippen LogP contribution in [-0.2, 0) is 6.42 Å². The van der Waals surface area contributed by atoms with Gasteiger partial charge in [-0.25, -0.2) is 0 Å². The molecule has 0 aromatic heterocycles. The molecular weight excluding hydrogens is 336 g/mol. The van der Waals surface area contributed by atoms with Gasteiger partial charge in [-0.15, -0.1) is 0 Å². The summed E-state index contributed by atoms with van der Waals surface area (Å²) in [7, 11) is 0. The third kappa shape index (κ3) is 5.96. The largest absolute Gasteiger partial charge is 0.0654 e. The molecule has 0 aliphatic heterocycles. The Labute approximate surface area is 172 Å². The van der Waals surface area contributed by atoms with Crippen molar-refractivity contribution < 1.29 is 0 Å². The molecule has 0 amide bonds. The van der Waals surface area contributed by atoms with Crippen LogP contribution >= 0.6 is 0 Å². The first kappa shape index (κ1) is 20.6. The molecule has 0 radical (unpaired) electrons. The molecule has 0 nitrogen and oxygen atoms in total. The Morgan fingerprint density at radius 2 is 1.14 bits per heavy atom. The van der Waals surface area contributed by atoms with Crippen molar-refractivity contribution in [1.29, 1.82) is 0 Å². The highest BCUT2D eigenvalue weighted by Crippen LogP contribution is 2.33. The predicted molar refractivity (Wildman–Crippen MR) is 125 cm³/mol. The van der Waals surface area contributed by atoms with Gasteiger partial charge in [0.15, 0.2) is 0 Å². The average molecular weight is 373 g/mol. The van der Waals surface area contributed by atoms with Gasteiger partial charge in [0.2, 0.25) is 0 Å². The summed E-state index contributed by atoms with van der Waals surface area (Å²) in [6.45, 7) is 2.29. The average Bonchev–Trinajstić information content (AvgIpc) is 2.75. The van der Waals surface area contributed by atoms with Crippen molar-refractivity contribution in [2.45, 2.75) is 77.6 Å². The lowest BCUT2D eigenvalue weighted by Crippen LogP contribution is -1.93. The Hall–Kier alpha value is -2.08. The normalized spacial score (nSPS) is 11.2. The van der Waals surface area contributed by atoms with Crippen LogP contribution < -0.4 is 0 Å². The zero-order valence-electron chi connectivity index (χ0n) is 17.6. The molecular formula is C28H36. The third-order valence-electron chi connectivity index (χ3n) is 5.88. The molecule has 0 N–H and O–H groups in total. The van der Waals surface area contributed by atoms with Gasteiger partial charge in [-0.05, 0) is 40.3 Å². The molecule has 3 aromatic rings. The minimum absolute atomic E-state index is 1.19. The Morgan fingerprint density at radius 1 is 0.536 bits per heavy atom. The van der Waals surface area contributed by atoms with Crippen LogP contribution in [0.3, 0.4) is 0 Å². The first-order valence-electron chi connectivity index (χ1n) is 11.5. The van der Waals surface area contributed by atoms with Crippen LogP contribution in [0, 0.1) is 0 Å². The monoisotopic (exact) mass is 372 g/mol. The molecule has 3 aromatic carbocycles. The molecule has 0 aliphatic carbocycles. The molecule has 0 bridgehead atoms. The van der Waals surface area contributed by atoms with E-state index >= 15 is 0 Å². The van der Waals surface area contributed by atoms with E-state index in [0.29, 0.717) is 0 Å². The van der Waals surface area contributed by atoms with Gasteiger partial charge < -0.3 is 0 Å². The van der Waals surface area contributed by atoms with E-state index in [1.165, 1.54) is 98.1 Å². The molecule has 0 fully saturated rings. The van der Waals surface area contributed by atoms with Crippen molar-refractivity contribution in [2.24, 2.45) is 0 Å². The number of rotatable bonds is 12. The minimum atomic E-state index is 1.19. The van der Waals surface area contributed by atoms with Gasteiger partial charge in [0, 0.05) is 0 Å². The Bertz CT molecular complexity index is 816. The van der Waals surface area contributed by atoms with E-state index in [9.17, 15) is 0 Å². The molecule has 0 aliphatic rings. The lowest BCUT2D eigenvalue weighted by molar-refractivity contribution is 0.556. The second-order valence-electron chi connectivity index (χ2n) is 8.12. The Morgan fingerprint density at radius 3 is 1.86 bits per heavy atom. The predicted octanol–water partition coefficient (Wildman–Crippen LogP) is 8.97. The van der Waals surface area contributed by atoms with Crippen LogP contribution in [0.5, 0.6) is 0 Å². The maximum atomic E-state index is 2.36. The molecule has 0 unspecified atom stereocenters. The lowest BCUT2D eigenvalue weighted by atomic mass is 9.90. The van der Waals surface area contributed by atoms with Crippen LogP contribution in [0.4, 0.5) is 0 Å². The number of hydrogen-bond acceptors (Lipinski definition) is 0. The van der Waals surface area contributed by atoms with Crippen LogP contribution in [0.25, 0.3) is 21.9 Å². The SMILES string of the molecule is CCCCCCCCCCCCc1ccc2ccccc2c1-c1ccccc1. The van der Waals surface area contributed by atoms with E-state index in [0.717, 1.165) is 0 Å². The Balaban J connectivity index is 1.55. The van der Waals surface area contributed by atoms with Crippen LogP contribution in [0.15, 0.2) is 66.7 Å². The van der Waals surface area contributed by atoms with Crippen LogP contribution in [0.1, 0.15) is 76.7 Å². The summed E-state index contributed by atoms with van der Waals surface area (Å²) < 4.78 is 0. The molecule has 0 saturated heterocycles. The summed E-state index contributed by atoms with van der Waals surface area (Å²) in [5, 5.41) is 2.73. The number of aryl methyl sites for hydroxylation is 1. The summed E-state index contributed by atoms with van der Waals surface area (Å²) in [5.74, 6) is 0. The van der Waals surface area contributed by atoms with E-state index in [-0.39, 0.29) is 0 Å². The van der Waals surface area contributed by atoms with Crippen LogP contribution in [0.2, 0.25) is 0 Å². The van der Waals surface area contributed by atoms with Gasteiger partial charge in [0.05, 0.1) is 0 Å². The zero-order valence-corrected chi connectivity index (χ0v) is 17.6. The summed E-state index contributed by atoms with van der Waals surface area (Å²) in [6.07, 6.45) is 15.1. The standard InChI is InChI=1S/C28H36/c1-2-3-4-5-6-7-8-9-10-12-20-26-23-22-24-17-15-16-21-27(24)28(26)25-18-13-11-14-19-25/h11,13-19,21-23H,2-10,12,20H2,1H3. The summed E-state index contributed by atoms with van der Waals surface area (Å²) >= 11 is 0. The maximum Gasteiger partial charge on any atom is -0.00733 e. The molecule has 0 heteroatoms. The van der Waals surface area contributed by atoms with E-state index in [1.807, 2.05) is 0 Å². The highest BCUT2D eigenvalue weighted by molar-refractivity contribution is 5.98. The summed E-state index contributed by atoms with van der Waals surface area (Å²) in [4.78, 5) is 0. The number of fused-ring (bicyclic) bond motifs is 1. The summed E-state index contributed by atoms with van der Waals surface area (Å²) in [5.41, 5.74) is 4.29. The third-order valence-corrected chi connectivity index (χ3v) is 5.88. The van der Waals surface area contributed by atoms with Crippen molar-refractivity contribution in [1.82, 2.24) is 0 Å². The highest BCUT2D eigenvalue weighted by Gasteiger charge is 2.09. The van der Waals surface area contributed by atoms with Crippen molar-refractivity contribution in [3.05, 3.63) is 72.3 Å². The van der Waals surface area contributed by atoms with Gasteiger partial charge in [-0.1, -0.05) is 131 Å². The number of benzene rings is 3. The first-order chi connectivity index (χ1) is 13.9. The molecule has 0 spiro atoms. The molecule has 28 heavy (non-hydrogen) atoms. The fraction of sp³-hybridized carbons (Fsp3) is 0.429. The van der Waals surface area contributed by atoms with Gasteiger partial charge in [0.25, 0.3) is 0 Å². The van der Waals surface area contributed by atoms with Gasteiger partial charge >= 0.3 is 0 Å². The van der Waals surface area contributed by atoms with E-state index < -0.39 is 0 Å². The molecule has 0 heterocycles. The smallest absolute Gasteiger partial charge is 0.00733 e. The lowest BCUT2D eigenvalue weighted by Gasteiger charge is -2.14. The van der Waals surface area contributed by atoms with Crippen molar-refractivity contribution in [3.63, 3.8) is 0 Å². The van der Waals surface area contributed by atoms with E-state index in [4.69, 9.17) is 0 Å². The minimum Gasteiger partial charge on any atom is -0.0654 e. The summed E-state index contributed by atoms with van der Waals surface area (Å²) in [6, 6.07) is 24.4. The molecule has 148 valence electrons. The molecule has 3 rings (SSSR count). The van der Waals surface area contributed by atoms with Crippen LogP contribution in [-0.4, -0.2) is 0 Å². The quantitative estimate of drug-likeness (QED) is 0.278. The topological polar surface area (TPSA) is 0 Å². The molecule has 0 atom stereocenters. The second-order valence-corrected chi connectivity index (χ2v) is 8.12. The Kier molecular flexibility index (Phi) is 8.62. The number of unbranched alkanes of at least 4 members (excludes halogenated alkanes) is 9. The van der Waals surface area contributed by atoms with Gasteiger partial charge in [-0.2, -0.15) is 0 Å². The second kappa shape index (κ2) is 11.7.